The van der Waals surface area contributed by atoms with E-state index < -0.39 is 21.7 Å². The van der Waals surface area contributed by atoms with Crippen LogP contribution in [0, 0.1) is 11.6 Å². The summed E-state index contributed by atoms with van der Waals surface area (Å²) in [7, 11) is -2.37. The molecule has 0 unspecified atom stereocenters. The van der Waals surface area contributed by atoms with Crippen LogP contribution in [-0.2, 0) is 10.0 Å². The predicted octanol–water partition coefficient (Wildman–Crippen LogP) is 3.93. The number of anilines is 1. The number of fused-ring (bicyclic) bond motifs is 1. The van der Waals surface area contributed by atoms with Gasteiger partial charge in [0.05, 0.1) is 17.7 Å². The fourth-order valence-corrected chi connectivity index (χ4v) is 3.35. The van der Waals surface area contributed by atoms with Crippen LogP contribution in [0.3, 0.4) is 0 Å². The molecule has 0 saturated heterocycles. The van der Waals surface area contributed by atoms with Crippen molar-refractivity contribution in [3.8, 4) is 5.75 Å². The Morgan fingerprint density at radius 3 is 2.29 bits per heavy atom. The maximum Gasteiger partial charge on any atom is 0.261 e. The Balaban J connectivity index is 1.96. The van der Waals surface area contributed by atoms with Gasteiger partial charge in [0.25, 0.3) is 10.0 Å². The number of hydrogen-bond donors (Lipinski definition) is 1. The highest BCUT2D eigenvalue weighted by Crippen LogP contribution is 2.25. The van der Waals surface area contributed by atoms with Crippen LogP contribution in [0.15, 0.2) is 59.5 Å². The van der Waals surface area contributed by atoms with Gasteiger partial charge in [-0.15, -0.1) is 0 Å². The summed E-state index contributed by atoms with van der Waals surface area (Å²) in [6.45, 7) is 0. The lowest BCUT2D eigenvalue weighted by atomic mass is 10.1. The molecule has 0 spiro atoms. The van der Waals surface area contributed by atoms with E-state index in [-0.39, 0.29) is 10.6 Å². The predicted molar refractivity (Wildman–Crippen MR) is 87.7 cm³/mol. The molecule has 0 atom stereocenters. The summed E-state index contributed by atoms with van der Waals surface area (Å²) in [5, 5.41) is 1.53. The van der Waals surface area contributed by atoms with Crippen molar-refractivity contribution in [2.45, 2.75) is 4.90 Å². The summed E-state index contributed by atoms with van der Waals surface area (Å²) in [5.74, 6) is -1.50. The number of hydrogen-bond acceptors (Lipinski definition) is 3. The molecule has 0 aliphatic rings. The van der Waals surface area contributed by atoms with Gasteiger partial charge in [-0.1, -0.05) is 12.1 Å². The Morgan fingerprint density at radius 1 is 0.875 bits per heavy atom. The van der Waals surface area contributed by atoms with Crippen LogP contribution >= 0.6 is 0 Å². The van der Waals surface area contributed by atoms with Crippen molar-refractivity contribution in [2.75, 3.05) is 11.8 Å². The third-order valence-electron chi connectivity index (χ3n) is 3.50. The summed E-state index contributed by atoms with van der Waals surface area (Å²) in [4.78, 5) is 0.0184. The quantitative estimate of drug-likeness (QED) is 0.776. The standard InChI is InChI=1S/C17H13F2NO3S/c1-23-14-5-2-12-9-15(6-3-11(12)8-14)24(21,22)20-13-4-7-16(18)17(19)10-13/h2-10,20H,1H3. The lowest BCUT2D eigenvalue weighted by Crippen LogP contribution is -2.13. The van der Waals surface area contributed by atoms with Crippen molar-refractivity contribution in [2.24, 2.45) is 0 Å². The normalized spacial score (nSPS) is 11.5. The second kappa shape index (κ2) is 6.09. The lowest BCUT2D eigenvalue weighted by Gasteiger charge is -2.10. The molecule has 0 amide bonds. The Labute approximate surface area is 137 Å². The summed E-state index contributed by atoms with van der Waals surface area (Å²) < 4.78 is 58.3. The van der Waals surface area contributed by atoms with Crippen molar-refractivity contribution in [3.05, 3.63) is 66.2 Å². The Bertz CT molecular complexity index is 1020. The fraction of sp³-hybridized carbons (Fsp3) is 0.0588. The molecule has 124 valence electrons. The largest absolute Gasteiger partial charge is 0.497 e. The maximum absolute atomic E-state index is 13.2. The van der Waals surface area contributed by atoms with Crippen molar-refractivity contribution in [1.29, 1.82) is 0 Å². The van der Waals surface area contributed by atoms with Crippen LogP contribution in [0.2, 0.25) is 0 Å². The van der Waals surface area contributed by atoms with E-state index in [2.05, 4.69) is 4.72 Å². The molecule has 0 heterocycles. The van der Waals surface area contributed by atoms with Gasteiger partial charge in [-0.25, -0.2) is 17.2 Å². The van der Waals surface area contributed by atoms with E-state index in [1.807, 2.05) is 0 Å². The molecule has 0 aliphatic heterocycles. The molecule has 1 N–H and O–H groups in total. The molecule has 24 heavy (non-hydrogen) atoms. The highest BCUT2D eigenvalue weighted by atomic mass is 32.2. The van der Waals surface area contributed by atoms with Crippen molar-refractivity contribution >= 4 is 26.5 Å². The topological polar surface area (TPSA) is 55.4 Å². The van der Waals surface area contributed by atoms with E-state index in [9.17, 15) is 17.2 Å². The highest BCUT2D eigenvalue weighted by molar-refractivity contribution is 7.92. The SMILES string of the molecule is COc1ccc2cc(S(=O)(=O)Nc3ccc(F)c(F)c3)ccc2c1. The zero-order valence-corrected chi connectivity index (χ0v) is 13.4. The average Bonchev–Trinajstić information content (AvgIpc) is 2.57. The summed E-state index contributed by atoms with van der Waals surface area (Å²) in [6.07, 6.45) is 0. The van der Waals surface area contributed by atoms with Gasteiger partial charge in [-0.3, -0.25) is 4.72 Å². The number of methoxy groups -OCH3 is 1. The minimum Gasteiger partial charge on any atom is -0.497 e. The van der Waals surface area contributed by atoms with Crippen molar-refractivity contribution < 1.29 is 21.9 Å². The van der Waals surface area contributed by atoms with Gasteiger partial charge < -0.3 is 4.74 Å². The molecule has 0 saturated carbocycles. The lowest BCUT2D eigenvalue weighted by molar-refractivity contribution is 0.415. The van der Waals surface area contributed by atoms with E-state index in [0.717, 1.165) is 23.6 Å². The molecule has 7 heteroatoms. The van der Waals surface area contributed by atoms with Crippen LogP contribution in [-0.4, -0.2) is 15.5 Å². The van der Waals surface area contributed by atoms with Gasteiger partial charge in [0.2, 0.25) is 0 Å². The smallest absolute Gasteiger partial charge is 0.261 e. The van der Waals surface area contributed by atoms with Gasteiger partial charge in [-0.2, -0.15) is 0 Å². The Hall–Kier alpha value is -2.67. The van der Waals surface area contributed by atoms with Gasteiger partial charge in [0.1, 0.15) is 5.75 Å². The number of sulfonamides is 1. The van der Waals surface area contributed by atoms with Crippen LogP contribution in [0.25, 0.3) is 10.8 Å². The average molecular weight is 349 g/mol. The van der Waals surface area contributed by atoms with Crippen molar-refractivity contribution in [1.82, 2.24) is 0 Å². The molecule has 0 radical (unpaired) electrons. The summed E-state index contributed by atoms with van der Waals surface area (Å²) >= 11 is 0. The van der Waals surface area contributed by atoms with Gasteiger partial charge in [-0.05, 0) is 47.2 Å². The first-order valence-electron chi connectivity index (χ1n) is 6.95. The number of rotatable bonds is 4. The van der Waals surface area contributed by atoms with E-state index >= 15 is 0 Å². The first-order chi connectivity index (χ1) is 11.4. The van der Waals surface area contributed by atoms with Gasteiger partial charge in [0, 0.05) is 6.07 Å². The number of halogens is 2. The summed E-state index contributed by atoms with van der Waals surface area (Å²) in [6, 6.07) is 12.6. The number of ether oxygens (including phenoxy) is 1. The molecule has 4 nitrogen and oxygen atoms in total. The van der Waals surface area contributed by atoms with Gasteiger partial charge in [0.15, 0.2) is 11.6 Å². The van der Waals surface area contributed by atoms with E-state index in [0.29, 0.717) is 11.1 Å². The maximum atomic E-state index is 13.2. The molecule has 3 aromatic carbocycles. The minimum absolute atomic E-state index is 0.0184. The highest BCUT2D eigenvalue weighted by Gasteiger charge is 2.16. The molecule has 0 fully saturated rings. The molecular formula is C17H13F2NO3S. The van der Waals surface area contributed by atoms with E-state index in [1.54, 1.807) is 31.4 Å². The molecular weight excluding hydrogens is 336 g/mol. The molecule has 3 aromatic rings. The second-order valence-electron chi connectivity index (χ2n) is 5.11. The second-order valence-corrected chi connectivity index (χ2v) is 6.79. The first-order valence-corrected chi connectivity index (χ1v) is 8.43. The minimum atomic E-state index is -3.92. The molecule has 0 aliphatic carbocycles. The number of nitrogens with one attached hydrogen (secondary N) is 1. The molecule has 3 rings (SSSR count). The number of benzene rings is 3. The fourth-order valence-electron chi connectivity index (χ4n) is 2.27. The summed E-state index contributed by atoms with van der Waals surface area (Å²) in [5.41, 5.74) is -0.0521. The van der Waals surface area contributed by atoms with Crippen molar-refractivity contribution in [3.63, 3.8) is 0 Å². The van der Waals surface area contributed by atoms with Crippen LogP contribution in [0.1, 0.15) is 0 Å². The van der Waals surface area contributed by atoms with Gasteiger partial charge >= 0.3 is 0 Å². The monoisotopic (exact) mass is 349 g/mol. The zero-order valence-electron chi connectivity index (χ0n) is 12.6. The third kappa shape index (κ3) is 3.16. The van der Waals surface area contributed by atoms with Crippen LogP contribution in [0.4, 0.5) is 14.5 Å². The third-order valence-corrected chi connectivity index (χ3v) is 4.88. The first kappa shape index (κ1) is 16.2. The van der Waals surface area contributed by atoms with Crippen LogP contribution < -0.4 is 9.46 Å². The Morgan fingerprint density at radius 2 is 1.58 bits per heavy atom. The van der Waals surface area contributed by atoms with E-state index in [1.165, 1.54) is 12.1 Å². The molecule has 0 bridgehead atoms. The zero-order chi connectivity index (χ0) is 17.3. The van der Waals surface area contributed by atoms with E-state index in [4.69, 9.17) is 4.74 Å². The Kier molecular flexibility index (Phi) is 4.11. The van der Waals surface area contributed by atoms with Crippen LogP contribution in [0.5, 0.6) is 5.75 Å². The molecule has 0 aromatic heterocycles.